The summed E-state index contributed by atoms with van der Waals surface area (Å²) in [4.78, 5) is 2.24. The van der Waals surface area contributed by atoms with Crippen LogP contribution < -0.4 is 11.5 Å². The second-order valence-corrected chi connectivity index (χ2v) is 7.22. The Kier molecular flexibility index (Phi) is 4.23. The number of halogens is 3. The van der Waals surface area contributed by atoms with Crippen LogP contribution in [0.5, 0.6) is 0 Å². The lowest BCUT2D eigenvalue weighted by Gasteiger charge is -2.51. The summed E-state index contributed by atoms with van der Waals surface area (Å²) in [6.45, 7) is 3.24. The topological polar surface area (TPSA) is 64.5 Å². The first-order valence-corrected chi connectivity index (χ1v) is 8.05. The highest BCUT2D eigenvalue weighted by molar-refractivity contribution is 5.31. The van der Waals surface area contributed by atoms with Crippen LogP contribution in [0.4, 0.5) is 13.2 Å². The number of ether oxygens (including phenoxy) is 1. The van der Waals surface area contributed by atoms with Crippen LogP contribution >= 0.6 is 0 Å². The van der Waals surface area contributed by atoms with Crippen molar-refractivity contribution in [2.24, 2.45) is 22.3 Å². The van der Waals surface area contributed by atoms with E-state index in [-0.39, 0.29) is 12.1 Å². The second-order valence-electron chi connectivity index (χ2n) is 7.22. The van der Waals surface area contributed by atoms with E-state index in [1.54, 1.807) is 0 Å². The largest absolute Gasteiger partial charge is 0.399 e. The summed E-state index contributed by atoms with van der Waals surface area (Å²) in [5.74, 6) is 0. The molecule has 0 radical (unpaired) electrons. The fourth-order valence-electron chi connectivity index (χ4n) is 4.04. The Morgan fingerprint density at radius 2 is 1.91 bits per heavy atom. The molecule has 0 amide bonds. The maximum absolute atomic E-state index is 14.0. The molecule has 1 aliphatic carbocycles. The molecule has 0 saturated carbocycles. The lowest BCUT2D eigenvalue weighted by Crippen LogP contribution is -2.60. The Morgan fingerprint density at radius 1 is 1.26 bits per heavy atom. The highest BCUT2D eigenvalue weighted by Gasteiger charge is 2.61. The number of nitrogens with two attached hydrogens (primary N) is 2. The summed E-state index contributed by atoms with van der Waals surface area (Å²) in [6.07, 6.45) is 1.63. The predicted octanol–water partition coefficient (Wildman–Crippen LogP) is 1.78. The predicted molar refractivity (Wildman–Crippen MR) is 81.4 cm³/mol. The quantitative estimate of drug-likeness (QED) is 0.824. The molecule has 2 aliphatic heterocycles. The van der Waals surface area contributed by atoms with Gasteiger partial charge < -0.3 is 21.1 Å². The van der Waals surface area contributed by atoms with Gasteiger partial charge >= 0.3 is 6.18 Å². The number of hydrogen-bond acceptors (Lipinski definition) is 4. The number of hydrogen-bond donors (Lipinski definition) is 2. The van der Waals surface area contributed by atoms with Gasteiger partial charge in [-0.15, -0.1) is 0 Å². The van der Waals surface area contributed by atoms with Crippen molar-refractivity contribution in [3.05, 3.63) is 23.9 Å². The standard InChI is InChI=1S/C16H24F3N3O/c17-16(18,19)15(7-12(20)3-4-13(15)21)8-14(10-23-11-14)9-22-5-1-2-6-22/h3-4,7,13H,1-2,5-6,8-11,20-21H2. The first kappa shape index (κ1) is 16.8. The van der Waals surface area contributed by atoms with Crippen molar-refractivity contribution < 1.29 is 17.9 Å². The van der Waals surface area contributed by atoms with E-state index in [9.17, 15) is 13.2 Å². The molecular formula is C16H24F3N3O. The van der Waals surface area contributed by atoms with Crippen molar-refractivity contribution in [3.63, 3.8) is 0 Å². The van der Waals surface area contributed by atoms with E-state index in [1.165, 1.54) is 12.2 Å². The summed E-state index contributed by atoms with van der Waals surface area (Å²) in [5.41, 5.74) is 9.09. The Bertz CT molecular complexity index is 507. The molecule has 3 aliphatic rings. The van der Waals surface area contributed by atoms with Gasteiger partial charge in [-0.2, -0.15) is 13.2 Å². The van der Waals surface area contributed by atoms with Crippen LogP contribution in [0, 0.1) is 10.8 Å². The first-order valence-electron chi connectivity index (χ1n) is 8.05. The minimum absolute atomic E-state index is 0.0772. The summed E-state index contributed by atoms with van der Waals surface area (Å²) >= 11 is 0. The van der Waals surface area contributed by atoms with Crippen molar-refractivity contribution in [1.82, 2.24) is 4.90 Å². The number of likely N-dealkylation sites (tertiary alicyclic amines) is 1. The highest BCUT2D eigenvalue weighted by atomic mass is 19.4. The molecular weight excluding hydrogens is 307 g/mol. The fraction of sp³-hybridized carbons (Fsp3) is 0.750. The minimum atomic E-state index is -4.45. The Morgan fingerprint density at radius 3 is 2.43 bits per heavy atom. The number of nitrogens with zero attached hydrogens (tertiary/aromatic N) is 1. The highest BCUT2D eigenvalue weighted by Crippen LogP contribution is 2.53. The molecule has 2 fully saturated rings. The summed E-state index contributed by atoms with van der Waals surface area (Å²) < 4.78 is 47.2. The molecule has 2 unspecified atom stereocenters. The molecule has 4 nitrogen and oxygen atoms in total. The number of rotatable bonds is 4. The van der Waals surface area contributed by atoms with Gasteiger partial charge in [-0.3, -0.25) is 0 Å². The molecule has 4 N–H and O–H groups in total. The molecule has 0 aromatic rings. The van der Waals surface area contributed by atoms with Crippen molar-refractivity contribution in [3.8, 4) is 0 Å². The zero-order valence-electron chi connectivity index (χ0n) is 13.1. The van der Waals surface area contributed by atoms with Gasteiger partial charge in [-0.1, -0.05) is 6.08 Å². The maximum atomic E-state index is 14.0. The van der Waals surface area contributed by atoms with E-state index in [0.29, 0.717) is 19.8 Å². The normalized spacial score (nSPS) is 34.3. The molecule has 0 bridgehead atoms. The van der Waals surface area contributed by atoms with Crippen LogP contribution in [0.15, 0.2) is 23.9 Å². The van der Waals surface area contributed by atoms with Crippen LogP contribution in [0.2, 0.25) is 0 Å². The summed E-state index contributed by atoms with van der Waals surface area (Å²) in [7, 11) is 0. The van der Waals surface area contributed by atoms with Gasteiger partial charge in [0.1, 0.15) is 5.41 Å². The van der Waals surface area contributed by atoms with Crippen molar-refractivity contribution >= 4 is 0 Å². The van der Waals surface area contributed by atoms with Crippen LogP contribution in [0.25, 0.3) is 0 Å². The van der Waals surface area contributed by atoms with Crippen molar-refractivity contribution in [2.45, 2.75) is 31.5 Å². The third-order valence-electron chi connectivity index (χ3n) is 5.28. The molecule has 3 rings (SSSR count). The molecule has 23 heavy (non-hydrogen) atoms. The first-order chi connectivity index (χ1) is 10.8. The molecule has 2 heterocycles. The average molecular weight is 331 g/mol. The van der Waals surface area contributed by atoms with E-state index in [2.05, 4.69) is 4.90 Å². The van der Waals surface area contributed by atoms with Gasteiger partial charge in [0.2, 0.25) is 0 Å². The van der Waals surface area contributed by atoms with E-state index >= 15 is 0 Å². The van der Waals surface area contributed by atoms with Gasteiger partial charge in [0.15, 0.2) is 0 Å². The van der Waals surface area contributed by atoms with E-state index in [0.717, 1.165) is 32.0 Å². The summed E-state index contributed by atoms with van der Waals surface area (Å²) in [6, 6.07) is -1.12. The molecule has 0 spiro atoms. The van der Waals surface area contributed by atoms with Crippen LogP contribution in [-0.4, -0.2) is 50.0 Å². The minimum Gasteiger partial charge on any atom is -0.399 e. The van der Waals surface area contributed by atoms with Gasteiger partial charge in [0.05, 0.1) is 13.2 Å². The van der Waals surface area contributed by atoms with E-state index in [1.807, 2.05) is 0 Å². The van der Waals surface area contributed by atoms with E-state index < -0.39 is 23.0 Å². The SMILES string of the molecule is NC1=CC(CC2(CN3CCCC3)COC2)(C(F)(F)F)C(N)C=C1. The third kappa shape index (κ3) is 3.02. The van der Waals surface area contributed by atoms with Crippen LogP contribution in [-0.2, 0) is 4.74 Å². The zero-order chi connectivity index (χ0) is 16.7. The summed E-state index contributed by atoms with van der Waals surface area (Å²) in [5, 5.41) is 0. The molecule has 0 aromatic carbocycles. The molecule has 0 aromatic heterocycles. The Balaban J connectivity index is 1.87. The Labute approximate surface area is 134 Å². The maximum Gasteiger partial charge on any atom is 0.399 e. The van der Waals surface area contributed by atoms with Crippen molar-refractivity contribution in [1.29, 1.82) is 0 Å². The average Bonchev–Trinajstić information content (AvgIpc) is 2.91. The fourth-order valence-corrected chi connectivity index (χ4v) is 4.04. The van der Waals surface area contributed by atoms with Gasteiger partial charge in [0, 0.05) is 23.7 Å². The molecule has 2 saturated heterocycles. The molecule has 7 heteroatoms. The number of allylic oxidation sites excluding steroid dienone is 1. The van der Waals surface area contributed by atoms with Crippen molar-refractivity contribution in [2.75, 3.05) is 32.8 Å². The molecule has 130 valence electrons. The third-order valence-corrected chi connectivity index (χ3v) is 5.28. The van der Waals surface area contributed by atoms with Gasteiger partial charge in [-0.25, -0.2) is 0 Å². The smallest absolute Gasteiger partial charge is 0.399 e. The van der Waals surface area contributed by atoms with Crippen LogP contribution in [0.3, 0.4) is 0 Å². The van der Waals surface area contributed by atoms with Gasteiger partial charge in [0.25, 0.3) is 0 Å². The number of alkyl halides is 3. The lowest BCUT2D eigenvalue weighted by molar-refractivity contribution is -0.239. The Hall–Kier alpha value is -1.05. The molecule has 2 atom stereocenters. The van der Waals surface area contributed by atoms with E-state index in [4.69, 9.17) is 16.2 Å². The monoisotopic (exact) mass is 331 g/mol. The van der Waals surface area contributed by atoms with Gasteiger partial charge in [-0.05, 0) is 44.5 Å². The lowest BCUT2D eigenvalue weighted by atomic mass is 9.64. The zero-order valence-corrected chi connectivity index (χ0v) is 13.1. The van der Waals surface area contributed by atoms with Crippen LogP contribution in [0.1, 0.15) is 19.3 Å². The second kappa shape index (κ2) is 5.79.